The van der Waals surface area contributed by atoms with Gasteiger partial charge < -0.3 is 10.1 Å². The molecule has 0 amide bonds. The number of fused-ring (bicyclic) bond motifs is 1. The van der Waals surface area contributed by atoms with Gasteiger partial charge in [0.15, 0.2) is 5.78 Å². The number of ketones is 1. The third-order valence-corrected chi connectivity index (χ3v) is 3.37. The molecular formula is C15H14FN3O2. The second kappa shape index (κ2) is 5.14. The van der Waals surface area contributed by atoms with Gasteiger partial charge in [-0.25, -0.2) is 4.39 Å². The number of hydrogen-bond donors (Lipinski definition) is 2. The minimum absolute atomic E-state index is 0.0225. The van der Waals surface area contributed by atoms with Crippen molar-refractivity contribution in [1.82, 2.24) is 14.8 Å². The van der Waals surface area contributed by atoms with Crippen LogP contribution in [0.3, 0.4) is 0 Å². The van der Waals surface area contributed by atoms with Crippen LogP contribution in [0.15, 0.2) is 36.8 Å². The maximum atomic E-state index is 13.2. The summed E-state index contributed by atoms with van der Waals surface area (Å²) in [5.74, 6) is -0.597. The fraction of sp³-hybridized carbons (Fsp3) is 0.200. The second-order valence-electron chi connectivity index (χ2n) is 4.96. The molecule has 1 aromatic carbocycles. The lowest BCUT2D eigenvalue weighted by Crippen LogP contribution is -2.21. The normalized spacial score (nSPS) is 12.7. The van der Waals surface area contributed by atoms with Gasteiger partial charge in [-0.05, 0) is 25.1 Å². The van der Waals surface area contributed by atoms with Crippen molar-refractivity contribution in [2.45, 2.75) is 19.6 Å². The molecule has 0 aliphatic rings. The Morgan fingerprint density at radius 1 is 1.52 bits per heavy atom. The van der Waals surface area contributed by atoms with E-state index in [4.69, 9.17) is 0 Å². The number of aliphatic hydroxyl groups excluding tert-OH is 1. The Hall–Kier alpha value is -2.47. The van der Waals surface area contributed by atoms with Crippen molar-refractivity contribution >= 4 is 16.7 Å². The largest absolute Gasteiger partial charge is 0.386 e. The van der Waals surface area contributed by atoms with E-state index in [9.17, 15) is 14.3 Å². The van der Waals surface area contributed by atoms with E-state index in [0.29, 0.717) is 5.52 Å². The quantitative estimate of drug-likeness (QED) is 0.772. The van der Waals surface area contributed by atoms with Gasteiger partial charge in [-0.2, -0.15) is 5.10 Å². The number of halogens is 1. The van der Waals surface area contributed by atoms with Gasteiger partial charge in [-0.3, -0.25) is 9.48 Å². The fourth-order valence-electron chi connectivity index (χ4n) is 2.22. The predicted molar refractivity (Wildman–Crippen MR) is 76.2 cm³/mol. The zero-order valence-corrected chi connectivity index (χ0v) is 11.4. The number of nitrogens with one attached hydrogen (secondary N) is 1. The molecule has 3 aromatic rings. The molecular weight excluding hydrogens is 273 g/mol. The number of Topliss-reactive ketones (excluding diaryl/α,β-unsaturated/α-hetero) is 1. The maximum Gasteiger partial charge on any atom is 0.182 e. The molecule has 1 atom stereocenters. The van der Waals surface area contributed by atoms with Crippen molar-refractivity contribution in [3.05, 3.63) is 42.6 Å². The Bertz CT molecular complexity index is 804. The third-order valence-electron chi connectivity index (χ3n) is 3.37. The summed E-state index contributed by atoms with van der Waals surface area (Å²) in [6.07, 6.45) is 4.14. The number of aromatic amines is 1. The Morgan fingerprint density at radius 3 is 3.10 bits per heavy atom. The van der Waals surface area contributed by atoms with Crippen LogP contribution in [0.5, 0.6) is 0 Å². The van der Waals surface area contributed by atoms with Crippen molar-refractivity contribution < 1.29 is 14.3 Å². The molecule has 21 heavy (non-hydrogen) atoms. The number of nitrogens with zero attached hydrogens (tertiary/aromatic N) is 2. The minimum atomic E-state index is -1.01. The van der Waals surface area contributed by atoms with Gasteiger partial charge in [0.25, 0.3) is 0 Å². The maximum absolute atomic E-state index is 13.2. The zero-order chi connectivity index (χ0) is 15.0. The smallest absolute Gasteiger partial charge is 0.182 e. The molecule has 2 N–H and O–H groups in total. The van der Waals surface area contributed by atoms with Gasteiger partial charge in [0.05, 0.1) is 6.20 Å². The van der Waals surface area contributed by atoms with E-state index in [1.54, 1.807) is 24.7 Å². The standard InChI is InChI=1S/C15H14FN3O2/c1-9(20)15(21)8-19-7-10(5-18-19)13-6-17-14-4-11(16)2-3-12(13)14/h2-7,9,17,20H,8H2,1H3. The molecule has 0 radical (unpaired) electrons. The third kappa shape index (κ3) is 2.57. The molecule has 1 unspecified atom stereocenters. The van der Waals surface area contributed by atoms with Crippen LogP contribution in [0.1, 0.15) is 6.92 Å². The van der Waals surface area contributed by atoms with Crippen molar-refractivity contribution in [3.63, 3.8) is 0 Å². The Balaban J connectivity index is 1.93. The van der Waals surface area contributed by atoms with Gasteiger partial charge in [0.1, 0.15) is 18.5 Å². The van der Waals surface area contributed by atoms with E-state index in [1.165, 1.54) is 23.7 Å². The predicted octanol–water partition coefficient (Wildman–Crippen LogP) is 2.12. The SMILES string of the molecule is CC(O)C(=O)Cn1cc(-c2c[nH]c3cc(F)ccc23)cn1. The average Bonchev–Trinajstić information content (AvgIpc) is 3.04. The second-order valence-corrected chi connectivity index (χ2v) is 4.96. The van der Waals surface area contributed by atoms with Crippen LogP contribution in [0.4, 0.5) is 4.39 Å². The van der Waals surface area contributed by atoms with E-state index in [2.05, 4.69) is 10.1 Å². The summed E-state index contributed by atoms with van der Waals surface area (Å²) in [6.45, 7) is 1.45. The summed E-state index contributed by atoms with van der Waals surface area (Å²) in [4.78, 5) is 14.5. The van der Waals surface area contributed by atoms with Gasteiger partial charge in [0, 0.05) is 34.4 Å². The number of aliphatic hydroxyl groups is 1. The van der Waals surface area contributed by atoms with E-state index in [1.807, 2.05) is 0 Å². The summed E-state index contributed by atoms with van der Waals surface area (Å²) in [5, 5.41) is 14.2. The number of H-pyrrole nitrogens is 1. The van der Waals surface area contributed by atoms with Gasteiger partial charge in [0.2, 0.25) is 0 Å². The van der Waals surface area contributed by atoms with Crippen LogP contribution in [0.25, 0.3) is 22.0 Å². The van der Waals surface area contributed by atoms with Gasteiger partial charge >= 0.3 is 0 Å². The fourth-order valence-corrected chi connectivity index (χ4v) is 2.22. The Morgan fingerprint density at radius 2 is 2.33 bits per heavy atom. The lowest BCUT2D eigenvalue weighted by atomic mass is 10.1. The molecule has 2 heterocycles. The molecule has 6 heteroatoms. The van der Waals surface area contributed by atoms with Crippen LogP contribution in [0, 0.1) is 5.82 Å². The molecule has 0 bridgehead atoms. The molecule has 0 aliphatic carbocycles. The Kier molecular flexibility index (Phi) is 3.31. The minimum Gasteiger partial charge on any atom is -0.386 e. The zero-order valence-electron chi connectivity index (χ0n) is 11.4. The molecule has 0 saturated heterocycles. The van der Waals surface area contributed by atoms with E-state index >= 15 is 0 Å². The van der Waals surface area contributed by atoms with Crippen molar-refractivity contribution in [3.8, 4) is 11.1 Å². The van der Waals surface area contributed by atoms with Gasteiger partial charge in [-0.15, -0.1) is 0 Å². The lowest BCUT2D eigenvalue weighted by Gasteiger charge is -2.02. The Labute approximate surface area is 120 Å². The van der Waals surface area contributed by atoms with E-state index in [0.717, 1.165) is 16.5 Å². The average molecular weight is 287 g/mol. The summed E-state index contributed by atoms with van der Waals surface area (Å²) >= 11 is 0. The molecule has 3 rings (SSSR count). The first-order valence-corrected chi connectivity index (χ1v) is 6.55. The highest BCUT2D eigenvalue weighted by molar-refractivity contribution is 5.95. The molecule has 108 valence electrons. The molecule has 0 saturated carbocycles. The summed E-state index contributed by atoms with van der Waals surface area (Å²) in [7, 11) is 0. The van der Waals surface area contributed by atoms with E-state index in [-0.39, 0.29) is 18.1 Å². The highest BCUT2D eigenvalue weighted by Gasteiger charge is 2.12. The highest BCUT2D eigenvalue weighted by atomic mass is 19.1. The first kappa shape index (κ1) is 13.5. The number of carbonyl (C=O) groups excluding carboxylic acids is 1. The van der Waals surface area contributed by atoms with Gasteiger partial charge in [-0.1, -0.05) is 0 Å². The van der Waals surface area contributed by atoms with Crippen LogP contribution in [0.2, 0.25) is 0 Å². The summed E-state index contributed by atoms with van der Waals surface area (Å²) in [5.41, 5.74) is 2.42. The number of aromatic nitrogens is 3. The monoisotopic (exact) mass is 287 g/mol. The molecule has 0 spiro atoms. The number of rotatable bonds is 4. The molecule has 0 fully saturated rings. The topological polar surface area (TPSA) is 70.9 Å². The first-order valence-electron chi connectivity index (χ1n) is 6.55. The number of hydrogen-bond acceptors (Lipinski definition) is 3. The van der Waals surface area contributed by atoms with Crippen molar-refractivity contribution in [2.75, 3.05) is 0 Å². The van der Waals surface area contributed by atoms with Crippen LogP contribution < -0.4 is 0 Å². The molecule has 0 aliphatic heterocycles. The summed E-state index contributed by atoms with van der Waals surface area (Å²) in [6, 6.07) is 4.54. The highest BCUT2D eigenvalue weighted by Crippen LogP contribution is 2.28. The van der Waals surface area contributed by atoms with Crippen LogP contribution >= 0.6 is 0 Å². The lowest BCUT2D eigenvalue weighted by molar-refractivity contribution is -0.127. The molecule has 2 aromatic heterocycles. The van der Waals surface area contributed by atoms with Crippen LogP contribution in [-0.2, 0) is 11.3 Å². The van der Waals surface area contributed by atoms with Crippen molar-refractivity contribution in [1.29, 1.82) is 0 Å². The molecule has 5 nitrogen and oxygen atoms in total. The number of carbonyl (C=O) groups is 1. The van der Waals surface area contributed by atoms with E-state index < -0.39 is 6.10 Å². The van der Waals surface area contributed by atoms with Crippen molar-refractivity contribution in [2.24, 2.45) is 0 Å². The number of benzene rings is 1. The summed E-state index contributed by atoms with van der Waals surface area (Å²) < 4.78 is 14.7. The first-order chi connectivity index (χ1) is 10.0. The van der Waals surface area contributed by atoms with Crippen LogP contribution in [-0.4, -0.2) is 31.8 Å².